The van der Waals surface area contributed by atoms with E-state index in [1.807, 2.05) is 0 Å². The Morgan fingerprint density at radius 2 is 1.20 bits per heavy atom. The molecule has 0 radical (unpaired) electrons. The third-order valence-electron chi connectivity index (χ3n) is 5.71. The molecule has 0 heterocycles. The summed E-state index contributed by atoms with van der Waals surface area (Å²) >= 11 is 0. The molecule has 0 aliphatic carbocycles. The lowest BCUT2D eigenvalue weighted by Crippen LogP contribution is -2.55. The lowest BCUT2D eigenvalue weighted by atomic mass is 9.77. The Labute approximate surface area is 225 Å². The van der Waals surface area contributed by atoms with E-state index < -0.39 is 47.2 Å². The third kappa shape index (κ3) is 8.14. The highest BCUT2D eigenvalue weighted by Gasteiger charge is 2.43. The molecular formula is C28H25F6NO5. The van der Waals surface area contributed by atoms with E-state index >= 15 is 0 Å². The molecule has 0 aliphatic rings. The highest BCUT2D eigenvalue weighted by atomic mass is 19.4. The number of amides is 1. The van der Waals surface area contributed by atoms with Crippen molar-refractivity contribution >= 4 is 11.9 Å². The average Bonchev–Trinajstić information content (AvgIpc) is 2.81. The second kappa shape index (κ2) is 11.5. The van der Waals surface area contributed by atoms with E-state index in [0.29, 0.717) is 5.56 Å². The van der Waals surface area contributed by atoms with Crippen molar-refractivity contribution in [3.8, 4) is 11.5 Å². The van der Waals surface area contributed by atoms with Crippen molar-refractivity contribution in [2.24, 2.45) is 0 Å². The summed E-state index contributed by atoms with van der Waals surface area (Å²) in [6.45, 7) is 3.68. The molecule has 12 heteroatoms. The highest BCUT2D eigenvalue weighted by Crippen LogP contribution is 2.39. The van der Waals surface area contributed by atoms with Gasteiger partial charge in [-0.05, 0) is 54.8 Å². The topological polar surface area (TPSA) is 73.9 Å². The predicted octanol–water partition coefficient (Wildman–Crippen LogP) is 6.43. The van der Waals surface area contributed by atoms with Gasteiger partial charge in [0.05, 0.1) is 5.54 Å². The van der Waals surface area contributed by atoms with E-state index in [1.165, 1.54) is 38.1 Å². The van der Waals surface area contributed by atoms with Crippen LogP contribution in [0.1, 0.15) is 37.5 Å². The van der Waals surface area contributed by atoms with Gasteiger partial charge in [0, 0.05) is 13.3 Å². The average molecular weight is 569 g/mol. The fourth-order valence-electron chi connectivity index (χ4n) is 4.13. The van der Waals surface area contributed by atoms with E-state index in [0.717, 1.165) is 31.2 Å². The molecule has 0 unspecified atom stereocenters. The Balaban J connectivity index is 2.30. The predicted molar refractivity (Wildman–Crippen MR) is 131 cm³/mol. The fraction of sp³-hybridized carbons (Fsp3) is 0.286. The van der Waals surface area contributed by atoms with Gasteiger partial charge in [0.1, 0.15) is 11.5 Å². The van der Waals surface area contributed by atoms with Gasteiger partial charge >= 0.3 is 18.7 Å². The molecule has 3 rings (SSSR count). The van der Waals surface area contributed by atoms with Crippen LogP contribution in [0.15, 0.2) is 78.9 Å². The molecule has 0 aliphatic heterocycles. The van der Waals surface area contributed by atoms with Crippen LogP contribution in [0.5, 0.6) is 11.5 Å². The van der Waals surface area contributed by atoms with Crippen LogP contribution in [0.25, 0.3) is 0 Å². The number of rotatable bonds is 9. The first-order valence-corrected chi connectivity index (χ1v) is 11.8. The van der Waals surface area contributed by atoms with Crippen LogP contribution in [0.2, 0.25) is 0 Å². The Kier molecular flexibility index (Phi) is 8.71. The zero-order valence-corrected chi connectivity index (χ0v) is 21.5. The highest BCUT2D eigenvalue weighted by molar-refractivity contribution is 5.88. The second-order valence-electron chi connectivity index (χ2n) is 9.28. The smallest absolute Gasteiger partial charge is 0.450 e. The zero-order valence-electron chi connectivity index (χ0n) is 21.5. The molecule has 6 nitrogen and oxygen atoms in total. The summed E-state index contributed by atoms with van der Waals surface area (Å²) in [4.78, 5) is 25.2. The maximum atomic E-state index is 13.6. The number of esters is 1. The molecular weight excluding hydrogens is 544 g/mol. The number of carbonyl (C=O) groups is 2. The van der Waals surface area contributed by atoms with Crippen molar-refractivity contribution in [3.05, 3.63) is 95.6 Å². The van der Waals surface area contributed by atoms with E-state index in [9.17, 15) is 35.9 Å². The van der Waals surface area contributed by atoms with Crippen molar-refractivity contribution in [2.45, 2.75) is 51.1 Å². The monoisotopic (exact) mass is 569 g/mol. The normalized spacial score (nSPS) is 12.4. The van der Waals surface area contributed by atoms with Gasteiger partial charge in [-0.2, -0.15) is 0 Å². The SMILES string of the molecule is CC(=O)OC(C)(C)C(=O)NC(Cc1ccccc1)(c1cccc(OC(F)(F)F)c1)c1cccc(OC(F)(F)F)c1. The molecule has 0 spiro atoms. The Hall–Kier alpha value is -4.22. The summed E-state index contributed by atoms with van der Waals surface area (Å²) in [7, 11) is 0. The molecule has 0 fully saturated rings. The minimum atomic E-state index is -5.04. The maximum Gasteiger partial charge on any atom is 0.573 e. The number of carbonyl (C=O) groups excluding carboxylic acids is 2. The number of halogens is 6. The number of nitrogens with one attached hydrogen (secondary N) is 1. The number of alkyl halides is 6. The van der Waals surface area contributed by atoms with E-state index in [2.05, 4.69) is 14.8 Å². The Morgan fingerprint density at radius 3 is 1.62 bits per heavy atom. The molecule has 0 atom stereocenters. The lowest BCUT2D eigenvalue weighted by Gasteiger charge is -2.39. The molecule has 0 bridgehead atoms. The summed E-state index contributed by atoms with van der Waals surface area (Å²) < 4.78 is 91.8. The minimum absolute atomic E-state index is 0.0363. The summed E-state index contributed by atoms with van der Waals surface area (Å²) in [6, 6.07) is 17.8. The summed E-state index contributed by atoms with van der Waals surface area (Å²) in [6.07, 6.45) is -10.2. The molecule has 0 saturated carbocycles. The van der Waals surface area contributed by atoms with Gasteiger partial charge in [-0.25, -0.2) is 0 Å². The second-order valence-corrected chi connectivity index (χ2v) is 9.28. The molecule has 0 aromatic heterocycles. The van der Waals surface area contributed by atoms with Gasteiger partial charge in [-0.15, -0.1) is 26.3 Å². The van der Waals surface area contributed by atoms with Crippen LogP contribution in [-0.2, 0) is 26.3 Å². The summed E-state index contributed by atoms with van der Waals surface area (Å²) in [5.74, 6) is -2.91. The minimum Gasteiger partial charge on any atom is -0.450 e. The van der Waals surface area contributed by atoms with Crippen LogP contribution in [0, 0.1) is 0 Å². The molecule has 214 valence electrons. The van der Waals surface area contributed by atoms with Crippen LogP contribution in [0.3, 0.4) is 0 Å². The number of ether oxygens (including phenoxy) is 3. The van der Waals surface area contributed by atoms with E-state index in [4.69, 9.17) is 4.74 Å². The first kappa shape index (κ1) is 30.3. The van der Waals surface area contributed by atoms with Crippen molar-refractivity contribution in [3.63, 3.8) is 0 Å². The molecule has 40 heavy (non-hydrogen) atoms. The van der Waals surface area contributed by atoms with Crippen molar-refractivity contribution in [1.82, 2.24) is 5.32 Å². The van der Waals surface area contributed by atoms with Gasteiger partial charge < -0.3 is 19.5 Å². The molecule has 0 saturated heterocycles. The van der Waals surface area contributed by atoms with Crippen LogP contribution in [0.4, 0.5) is 26.3 Å². The van der Waals surface area contributed by atoms with Gasteiger partial charge in [-0.1, -0.05) is 54.6 Å². The van der Waals surface area contributed by atoms with Crippen molar-refractivity contribution < 1.29 is 50.1 Å². The molecule has 3 aromatic rings. The van der Waals surface area contributed by atoms with Gasteiger partial charge in [0.2, 0.25) is 0 Å². The summed E-state index contributed by atoms with van der Waals surface area (Å²) in [5, 5.41) is 2.75. The number of benzene rings is 3. The molecule has 1 amide bonds. The molecule has 1 N–H and O–H groups in total. The van der Waals surface area contributed by atoms with Crippen molar-refractivity contribution in [1.29, 1.82) is 0 Å². The van der Waals surface area contributed by atoms with E-state index in [-0.39, 0.29) is 17.5 Å². The van der Waals surface area contributed by atoms with Gasteiger partial charge in [0.25, 0.3) is 5.91 Å². The maximum absolute atomic E-state index is 13.6. The first-order valence-electron chi connectivity index (χ1n) is 11.8. The quantitative estimate of drug-likeness (QED) is 0.238. The fourth-order valence-corrected chi connectivity index (χ4v) is 4.13. The summed E-state index contributed by atoms with van der Waals surface area (Å²) in [5.41, 5.74) is -2.93. The van der Waals surface area contributed by atoms with Crippen LogP contribution in [-0.4, -0.2) is 30.2 Å². The van der Waals surface area contributed by atoms with E-state index in [1.54, 1.807) is 30.3 Å². The largest absolute Gasteiger partial charge is 0.573 e. The number of hydrogen-bond acceptors (Lipinski definition) is 5. The van der Waals surface area contributed by atoms with Gasteiger partial charge in [0.15, 0.2) is 5.60 Å². The number of hydrogen-bond donors (Lipinski definition) is 1. The Bertz CT molecular complexity index is 1280. The standard InChI is InChI=1S/C28H25F6NO5/c1-18(36)38-25(2,3)24(37)35-26(17-19-9-5-4-6-10-19,20-11-7-13-22(15-20)39-27(29,30)31)21-12-8-14-23(16-21)40-28(32,33)34/h4-16H,17H2,1-3H3,(H,35,37). The van der Waals surface area contributed by atoms with Gasteiger partial charge in [-0.3, -0.25) is 9.59 Å². The van der Waals surface area contributed by atoms with Crippen molar-refractivity contribution in [2.75, 3.05) is 0 Å². The third-order valence-corrected chi connectivity index (χ3v) is 5.71. The Morgan fingerprint density at radius 1 is 0.725 bits per heavy atom. The van der Waals surface area contributed by atoms with Crippen LogP contribution < -0.4 is 14.8 Å². The van der Waals surface area contributed by atoms with Crippen LogP contribution >= 0.6 is 0 Å². The zero-order chi connectivity index (χ0) is 29.8. The lowest BCUT2D eigenvalue weighted by molar-refractivity contribution is -0.275. The molecule has 3 aromatic carbocycles. The first-order chi connectivity index (χ1) is 18.5.